The van der Waals surface area contributed by atoms with Crippen LogP contribution in [0, 0.1) is 0 Å². The van der Waals surface area contributed by atoms with Crippen LogP contribution in [0.1, 0.15) is 37.7 Å². The smallest absolute Gasteiger partial charge is 0.304 e. The Bertz CT molecular complexity index is 548. The van der Waals surface area contributed by atoms with Gasteiger partial charge in [-0.05, 0) is 49.1 Å². The predicted molar refractivity (Wildman–Crippen MR) is 87.1 cm³/mol. The van der Waals surface area contributed by atoms with Crippen molar-refractivity contribution in [1.29, 1.82) is 0 Å². The highest BCUT2D eigenvalue weighted by atomic mass is 32.2. The molecule has 1 aromatic rings. The van der Waals surface area contributed by atoms with E-state index in [1.54, 1.807) is 7.11 Å². The molecule has 1 aromatic carbocycles. The zero-order chi connectivity index (χ0) is 15.6. The first-order valence-electron chi connectivity index (χ1n) is 7.78. The summed E-state index contributed by atoms with van der Waals surface area (Å²) in [6.07, 6.45) is 4.57. The number of hydrogen-bond acceptors (Lipinski definition) is 4. The van der Waals surface area contributed by atoms with Gasteiger partial charge in [-0.3, -0.25) is 4.79 Å². The molecule has 22 heavy (non-hydrogen) atoms. The summed E-state index contributed by atoms with van der Waals surface area (Å²) in [5, 5.41) is 9.09. The monoisotopic (exact) mass is 322 g/mol. The fourth-order valence-electron chi connectivity index (χ4n) is 3.09. The highest BCUT2D eigenvalue weighted by Crippen LogP contribution is 2.52. The van der Waals surface area contributed by atoms with Crippen LogP contribution in [0.5, 0.6) is 11.5 Å². The van der Waals surface area contributed by atoms with Gasteiger partial charge in [-0.25, -0.2) is 0 Å². The van der Waals surface area contributed by atoms with Crippen molar-refractivity contribution < 1.29 is 19.4 Å². The standard InChI is InChI=1S/C17H22O4S/c1-20-15-9-12(17(6-7-17)10-16(18)19)4-5-14(15)21-13-3-2-8-22-11-13/h4-5,9,13H,2-3,6-8,10-11H2,1H3,(H,18,19). The van der Waals surface area contributed by atoms with E-state index in [1.807, 2.05) is 30.0 Å². The Balaban J connectivity index is 1.77. The Morgan fingerprint density at radius 1 is 1.41 bits per heavy atom. The second-order valence-corrected chi connectivity index (χ2v) is 7.32. The third-order valence-electron chi connectivity index (χ3n) is 4.53. The van der Waals surface area contributed by atoms with E-state index in [4.69, 9.17) is 14.6 Å². The molecule has 0 bridgehead atoms. The normalized spacial score (nSPS) is 22.9. The van der Waals surface area contributed by atoms with Gasteiger partial charge in [-0.15, -0.1) is 0 Å². The van der Waals surface area contributed by atoms with Gasteiger partial charge in [0.1, 0.15) is 6.10 Å². The minimum atomic E-state index is -0.740. The number of ether oxygens (including phenoxy) is 2. The number of carbonyl (C=O) groups is 1. The zero-order valence-electron chi connectivity index (χ0n) is 12.8. The first kappa shape index (κ1) is 15.5. The summed E-state index contributed by atoms with van der Waals surface area (Å²) in [5.41, 5.74) is 0.857. The molecular formula is C17H22O4S. The van der Waals surface area contributed by atoms with Crippen molar-refractivity contribution in [3.8, 4) is 11.5 Å². The molecule has 120 valence electrons. The molecule has 5 heteroatoms. The van der Waals surface area contributed by atoms with Gasteiger partial charge in [0.05, 0.1) is 13.5 Å². The van der Waals surface area contributed by atoms with Crippen LogP contribution in [0.4, 0.5) is 0 Å². The molecule has 0 amide bonds. The molecule has 3 rings (SSSR count). The first-order chi connectivity index (χ1) is 10.6. The Labute approximate surface area is 135 Å². The van der Waals surface area contributed by atoms with Gasteiger partial charge in [0.2, 0.25) is 0 Å². The van der Waals surface area contributed by atoms with Crippen molar-refractivity contribution in [2.75, 3.05) is 18.6 Å². The van der Waals surface area contributed by atoms with Gasteiger partial charge < -0.3 is 14.6 Å². The molecule has 1 N–H and O–H groups in total. The van der Waals surface area contributed by atoms with E-state index in [1.165, 1.54) is 12.2 Å². The van der Waals surface area contributed by atoms with Crippen LogP contribution in [0.15, 0.2) is 18.2 Å². The lowest BCUT2D eigenvalue weighted by Crippen LogP contribution is -2.23. The van der Waals surface area contributed by atoms with E-state index >= 15 is 0 Å². The van der Waals surface area contributed by atoms with Crippen molar-refractivity contribution in [3.05, 3.63) is 23.8 Å². The van der Waals surface area contributed by atoms with Crippen LogP contribution in [0.2, 0.25) is 0 Å². The molecule has 1 unspecified atom stereocenters. The van der Waals surface area contributed by atoms with Crippen molar-refractivity contribution in [2.24, 2.45) is 0 Å². The SMILES string of the molecule is COc1cc(C2(CC(=O)O)CC2)ccc1OC1CCCSC1. The van der Waals surface area contributed by atoms with Crippen LogP contribution >= 0.6 is 11.8 Å². The molecule has 0 aromatic heterocycles. The Morgan fingerprint density at radius 3 is 2.82 bits per heavy atom. The Hall–Kier alpha value is -1.36. The summed E-state index contributed by atoms with van der Waals surface area (Å²) >= 11 is 1.93. The van der Waals surface area contributed by atoms with Gasteiger partial charge in [0, 0.05) is 11.2 Å². The van der Waals surface area contributed by atoms with E-state index < -0.39 is 5.97 Å². The van der Waals surface area contributed by atoms with Gasteiger partial charge in [-0.2, -0.15) is 11.8 Å². The number of hydrogen-bond donors (Lipinski definition) is 1. The highest BCUT2D eigenvalue weighted by Gasteiger charge is 2.46. The third kappa shape index (κ3) is 3.35. The average molecular weight is 322 g/mol. The fourth-order valence-corrected chi connectivity index (χ4v) is 4.12. The van der Waals surface area contributed by atoms with Gasteiger partial charge in [-0.1, -0.05) is 6.07 Å². The number of benzene rings is 1. The summed E-state index contributed by atoms with van der Waals surface area (Å²) in [4.78, 5) is 11.1. The first-order valence-corrected chi connectivity index (χ1v) is 8.93. The third-order valence-corrected chi connectivity index (χ3v) is 5.72. The minimum absolute atomic E-state index is 0.190. The Morgan fingerprint density at radius 2 is 2.23 bits per heavy atom. The van der Waals surface area contributed by atoms with Crippen LogP contribution in [-0.4, -0.2) is 35.8 Å². The number of aliphatic carboxylic acids is 1. The fraction of sp³-hybridized carbons (Fsp3) is 0.588. The van der Waals surface area contributed by atoms with Crippen LogP contribution in [0.3, 0.4) is 0 Å². The highest BCUT2D eigenvalue weighted by molar-refractivity contribution is 7.99. The zero-order valence-corrected chi connectivity index (χ0v) is 13.7. The molecule has 0 radical (unpaired) electrons. The lowest BCUT2D eigenvalue weighted by Gasteiger charge is -2.24. The molecule has 2 fully saturated rings. The van der Waals surface area contributed by atoms with E-state index in [-0.39, 0.29) is 17.9 Å². The van der Waals surface area contributed by atoms with Gasteiger partial charge in [0.25, 0.3) is 0 Å². The van der Waals surface area contributed by atoms with Gasteiger partial charge in [0.15, 0.2) is 11.5 Å². The minimum Gasteiger partial charge on any atom is -0.493 e. The summed E-state index contributed by atoms with van der Waals surface area (Å²) in [5.74, 6) is 2.98. The molecule has 1 saturated heterocycles. The van der Waals surface area contributed by atoms with Crippen molar-refractivity contribution in [2.45, 2.75) is 43.6 Å². The number of methoxy groups -OCH3 is 1. The van der Waals surface area contributed by atoms with Crippen molar-refractivity contribution >= 4 is 17.7 Å². The molecule has 1 saturated carbocycles. The predicted octanol–water partition coefficient (Wildman–Crippen LogP) is 3.48. The molecule has 1 aliphatic carbocycles. The number of rotatable bonds is 6. The molecule has 2 aliphatic rings. The summed E-state index contributed by atoms with van der Waals surface area (Å²) in [6, 6.07) is 5.90. The molecule has 4 nitrogen and oxygen atoms in total. The number of carboxylic acid groups (broad SMARTS) is 1. The molecular weight excluding hydrogens is 300 g/mol. The molecule has 1 aliphatic heterocycles. The second kappa shape index (κ2) is 6.41. The lowest BCUT2D eigenvalue weighted by atomic mass is 9.92. The maximum absolute atomic E-state index is 11.1. The van der Waals surface area contributed by atoms with E-state index in [0.717, 1.165) is 36.3 Å². The van der Waals surface area contributed by atoms with E-state index in [0.29, 0.717) is 5.75 Å². The largest absolute Gasteiger partial charge is 0.493 e. The van der Waals surface area contributed by atoms with Crippen LogP contribution < -0.4 is 9.47 Å². The summed E-state index contributed by atoms with van der Waals surface area (Å²) in [6.45, 7) is 0. The summed E-state index contributed by atoms with van der Waals surface area (Å²) < 4.78 is 11.6. The average Bonchev–Trinajstić information content (AvgIpc) is 3.28. The molecule has 1 atom stereocenters. The van der Waals surface area contributed by atoms with Gasteiger partial charge >= 0.3 is 5.97 Å². The van der Waals surface area contributed by atoms with E-state index in [9.17, 15) is 4.79 Å². The number of thioether (sulfide) groups is 1. The Kier molecular flexibility index (Phi) is 4.52. The molecule has 1 heterocycles. The van der Waals surface area contributed by atoms with Crippen LogP contribution in [0.25, 0.3) is 0 Å². The maximum atomic E-state index is 11.1. The van der Waals surface area contributed by atoms with Crippen molar-refractivity contribution in [1.82, 2.24) is 0 Å². The summed E-state index contributed by atoms with van der Waals surface area (Å²) in [7, 11) is 1.64. The van der Waals surface area contributed by atoms with Crippen LogP contribution in [-0.2, 0) is 10.2 Å². The topological polar surface area (TPSA) is 55.8 Å². The maximum Gasteiger partial charge on any atom is 0.304 e. The quantitative estimate of drug-likeness (QED) is 0.869. The molecule has 0 spiro atoms. The lowest BCUT2D eigenvalue weighted by molar-refractivity contribution is -0.137. The van der Waals surface area contributed by atoms with E-state index in [2.05, 4.69) is 0 Å². The number of carboxylic acids is 1. The van der Waals surface area contributed by atoms with Crippen molar-refractivity contribution in [3.63, 3.8) is 0 Å². The second-order valence-electron chi connectivity index (χ2n) is 6.17.